The average Bonchev–Trinajstić information content (AvgIpc) is 2.13. The van der Waals surface area contributed by atoms with E-state index in [1.807, 2.05) is 0 Å². The van der Waals surface area contributed by atoms with Crippen molar-refractivity contribution in [3.05, 3.63) is 29.6 Å². The van der Waals surface area contributed by atoms with Crippen LogP contribution in [0.2, 0.25) is 0 Å². The summed E-state index contributed by atoms with van der Waals surface area (Å²) in [5.74, 6) is 0. The van der Waals surface area contributed by atoms with Gasteiger partial charge < -0.3 is 5.73 Å². The molecule has 0 amide bonds. The van der Waals surface area contributed by atoms with Crippen molar-refractivity contribution in [2.24, 2.45) is 5.73 Å². The van der Waals surface area contributed by atoms with E-state index in [0.717, 1.165) is 6.20 Å². The van der Waals surface area contributed by atoms with Crippen molar-refractivity contribution in [2.45, 2.75) is 32.0 Å². The third kappa shape index (κ3) is 3.51. The summed E-state index contributed by atoms with van der Waals surface area (Å²) in [6.07, 6.45) is -2.40. The Balaban J connectivity index is 2.87. The van der Waals surface area contributed by atoms with Gasteiger partial charge in [-0.15, -0.1) is 0 Å². The van der Waals surface area contributed by atoms with Gasteiger partial charge in [0, 0.05) is 12.2 Å². The summed E-state index contributed by atoms with van der Waals surface area (Å²) < 4.78 is 37.4. The van der Waals surface area contributed by atoms with Crippen LogP contribution in [0.15, 0.2) is 18.3 Å². The summed E-state index contributed by atoms with van der Waals surface area (Å²) in [5.41, 5.74) is 4.91. The van der Waals surface area contributed by atoms with E-state index in [4.69, 9.17) is 5.73 Å². The SMILES string of the molecule is C[C@@H](N)CCc1cccnc1C(F)(F)F. The molecule has 0 aromatic carbocycles. The summed E-state index contributed by atoms with van der Waals surface area (Å²) >= 11 is 0. The molecule has 2 N–H and O–H groups in total. The van der Waals surface area contributed by atoms with Crippen molar-refractivity contribution in [1.82, 2.24) is 4.98 Å². The van der Waals surface area contributed by atoms with E-state index < -0.39 is 11.9 Å². The van der Waals surface area contributed by atoms with E-state index in [1.165, 1.54) is 12.1 Å². The van der Waals surface area contributed by atoms with Gasteiger partial charge in [0.2, 0.25) is 0 Å². The maximum atomic E-state index is 12.5. The Labute approximate surface area is 86.3 Å². The quantitative estimate of drug-likeness (QED) is 0.845. The van der Waals surface area contributed by atoms with Gasteiger partial charge in [0.1, 0.15) is 5.69 Å². The zero-order valence-corrected chi connectivity index (χ0v) is 8.38. The van der Waals surface area contributed by atoms with Gasteiger partial charge in [-0.05, 0) is 31.4 Å². The Morgan fingerprint density at radius 3 is 2.67 bits per heavy atom. The van der Waals surface area contributed by atoms with Crippen molar-refractivity contribution in [1.29, 1.82) is 0 Å². The Morgan fingerprint density at radius 2 is 2.13 bits per heavy atom. The van der Waals surface area contributed by atoms with Crippen LogP contribution in [0, 0.1) is 0 Å². The maximum absolute atomic E-state index is 12.5. The number of halogens is 3. The number of hydrogen-bond donors (Lipinski definition) is 1. The van der Waals surface area contributed by atoms with Gasteiger partial charge in [0.15, 0.2) is 0 Å². The summed E-state index contributed by atoms with van der Waals surface area (Å²) in [6, 6.07) is 2.84. The molecule has 1 aromatic rings. The highest BCUT2D eigenvalue weighted by Gasteiger charge is 2.34. The van der Waals surface area contributed by atoms with E-state index in [0.29, 0.717) is 12.8 Å². The van der Waals surface area contributed by atoms with Crippen LogP contribution in [0.1, 0.15) is 24.6 Å². The normalized spacial score (nSPS) is 13.9. The zero-order valence-electron chi connectivity index (χ0n) is 8.38. The Hall–Kier alpha value is -1.10. The number of aryl methyl sites for hydroxylation is 1. The molecule has 0 unspecified atom stereocenters. The van der Waals surface area contributed by atoms with Crippen LogP contribution < -0.4 is 5.73 Å². The lowest BCUT2D eigenvalue weighted by molar-refractivity contribution is -0.141. The molecule has 0 fully saturated rings. The summed E-state index contributed by atoms with van der Waals surface area (Å²) in [6.45, 7) is 1.77. The lowest BCUT2D eigenvalue weighted by Crippen LogP contribution is -2.17. The predicted molar refractivity (Wildman–Crippen MR) is 51.2 cm³/mol. The molecule has 0 aliphatic heterocycles. The second kappa shape index (κ2) is 4.61. The van der Waals surface area contributed by atoms with Crippen molar-refractivity contribution in [3.63, 3.8) is 0 Å². The summed E-state index contributed by atoms with van der Waals surface area (Å²) in [5, 5.41) is 0. The molecule has 0 saturated heterocycles. The van der Waals surface area contributed by atoms with Gasteiger partial charge in [-0.3, -0.25) is 4.98 Å². The minimum Gasteiger partial charge on any atom is -0.328 e. The highest BCUT2D eigenvalue weighted by Crippen LogP contribution is 2.30. The molecule has 1 aromatic heterocycles. The number of rotatable bonds is 3. The van der Waals surface area contributed by atoms with E-state index in [1.54, 1.807) is 6.92 Å². The fraction of sp³-hybridized carbons (Fsp3) is 0.500. The van der Waals surface area contributed by atoms with Crippen LogP contribution in [0.3, 0.4) is 0 Å². The molecule has 0 aliphatic carbocycles. The van der Waals surface area contributed by atoms with Crippen molar-refractivity contribution < 1.29 is 13.2 Å². The zero-order chi connectivity index (χ0) is 11.5. The van der Waals surface area contributed by atoms with Crippen molar-refractivity contribution >= 4 is 0 Å². The van der Waals surface area contributed by atoms with Crippen LogP contribution in [0.4, 0.5) is 13.2 Å². The Morgan fingerprint density at radius 1 is 1.47 bits per heavy atom. The summed E-state index contributed by atoms with van der Waals surface area (Å²) in [4.78, 5) is 3.36. The van der Waals surface area contributed by atoms with Crippen molar-refractivity contribution in [3.8, 4) is 0 Å². The van der Waals surface area contributed by atoms with Gasteiger partial charge in [0.05, 0.1) is 0 Å². The fourth-order valence-corrected chi connectivity index (χ4v) is 1.28. The number of alkyl halides is 3. The minimum absolute atomic E-state index is 0.105. The van der Waals surface area contributed by atoms with Crippen LogP contribution in [0.5, 0.6) is 0 Å². The number of pyridine rings is 1. The van der Waals surface area contributed by atoms with Crippen molar-refractivity contribution in [2.75, 3.05) is 0 Å². The molecule has 84 valence electrons. The van der Waals surface area contributed by atoms with Crippen LogP contribution in [-0.2, 0) is 12.6 Å². The van der Waals surface area contributed by atoms with Gasteiger partial charge in [-0.1, -0.05) is 6.07 Å². The standard InChI is InChI=1S/C10H13F3N2/c1-7(14)4-5-8-3-2-6-15-9(8)10(11,12)13/h2-3,6-7H,4-5,14H2,1H3/t7-/m1/s1. The molecule has 1 rings (SSSR count). The molecule has 1 heterocycles. The molecule has 15 heavy (non-hydrogen) atoms. The van der Waals surface area contributed by atoms with E-state index in [-0.39, 0.29) is 11.6 Å². The summed E-state index contributed by atoms with van der Waals surface area (Å²) in [7, 11) is 0. The molecular formula is C10H13F3N2. The number of nitrogens with two attached hydrogens (primary N) is 1. The van der Waals surface area contributed by atoms with Gasteiger partial charge in [-0.2, -0.15) is 13.2 Å². The largest absolute Gasteiger partial charge is 0.433 e. The smallest absolute Gasteiger partial charge is 0.328 e. The minimum atomic E-state index is -4.38. The third-order valence-electron chi connectivity index (χ3n) is 2.03. The first-order valence-corrected chi connectivity index (χ1v) is 4.68. The molecule has 0 radical (unpaired) electrons. The van der Waals surface area contributed by atoms with Gasteiger partial charge >= 0.3 is 6.18 Å². The molecule has 2 nitrogen and oxygen atoms in total. The lowest BCUT2D eigenvalue weighted by Gasteiger charge is -2.12. The fourth-order valence-electron chi connectivity index (χ4n) is 1.28. The molecule has 0 saturated carbocycles. The maximum Gasteiger partial charge on any atom is 0.433 e. The Kier molecular flexibility index (Phi) is 3.68. The number of hydrogen-bond acceptors (Lipinski definition) is 2. The topological polar surface area (TPSA) is 38.9 Å². The average molecular weight is 218 g/mol. The highest BCUT2D eigenvalue weighted by molar-refractivity contribution is 5.22. The van der Waals surface area contributed by atoms with Crippen LogP contribution >= 0.6 is 0 Å². The first-order valence-electron chi connectivity index (χ1n) is 4.68. The first kappa shape index (κ1) is 12.0. The second-order valence-electron chi connectivity index (χ2n) is 3.52. The highest BCUT2D eigenvalue weighted by atomic mass is 19.4. The molecule has 1 atom stereocenters. The first-order chi connectivity index (χ1) is 6.91. The van der Waals surface area contributed by atoms with Crippen LogP contribution in [-0.4, -0.2) is 11.0 Å². The molecule has 5 heteroatoms. The monoisotopic (exact) mass is 218 g/mol. The molecule has 0 bridgehead atoms. The third-order valence-corrected chi connectivity index (χ3v) is 2.03. The number of aromatic nitrogens is 1. The predicted octanol–water partition coefficient (Wildman–Crippen LogP) is 2.38. The van der Waals surface area contributed by atoms with Gasteiger partial charge in [-0.25, -0.2) is 0 Å². The van der Waals surface area contributed by atoms with E-state index >= 15 is 0 Å². The van der Waals surface area contributed by atoms with Gasteiger partial charge in [0.25, 0.3) is 0 Å². The molecular weight excluding hydrogens is 205 g/mol. The Bertz CT molecular complexity index is 321. The number of nitrogens with zero attached hydrogens (tertiary/aromatic N) is 1. The second-order valence-corrected chi connectivity index (χ2v) is 3.52. The lowest BCUT2D eigenvalue weighted by atomic mass is 10.0. The van der Waals surface area contributed by atoms with E-state index in [9.17, 15) is 13.2 Å². The molecule has 0 aliphatic rings. The molecule has 0 spiro atoms. The van der Waals surface area contributed by atoms with Crippen LogP contribution in [0.25, 0.3) is 0 Å². The van der Waals surface area contributed by atoms with E-state index in [2.05, 4.69) is 4.98 Å².